The van der Waals surface area contributed by atoms with Crippen LogP contribution in [-0.2, 0) is 24.4 Å². The normalized spacial score (nSPS) is 10.9. The van der Waals surface area contributed by atoms with Crippen LogP contribution in [0.15, 0.2) is 36.7 Å². The van der Waals surface area contributed by atoms with Crippen LogP contribution in [0.3, 0.4) is 0 Å². The maximum absolute atomic E-state index is 12.8. The minimum Gasteiger partial charge on any atom is -0.380 e. The fraction of sp³-hybridized carbons (Fsp3) is 0.375. The molecule has 130 valence electrons. The van der Waals surface area contributed by atoms with Crippen molar-refractivity contribution in [1.82, 2.24) is 19.8 Å². The molecular formula is C16H20F2N4O2. The number of urea groups is 1. The van der Waals surface area contributed by atoms with Crippen LogP contribution >= 0.6 is 0 Å². The third kappa shape index (κ3) is 4.76. The van der Waals surface area contributed by atoms with Crippen molar-refractivity contribution in [2.75, 3.05) is 14.2 Å². The Morgan fingerprint density at radius 1 is 1.42 bits per heavy atom. The van der Waals surface area contributed by atoms with E-state index < -0.39 is 6.55 Å². The summed E-state index contributed by atoms with van der Waals surface area (Å²) < 4.78 is 31.4. The summed E-state index contributed by atoms with van der Waals surface area (Å²) in [6.45, 7) is -1.85. The minimum absolute atomic E-state index is 0.00706. The van der Waals surface area contributed by atoms with Gasteiger partial charge in [-0.15, -0.1) is 0 Å². The van der Waals surface area contributed by atoms with Crippen molar-refractivity contribution < 1.29 is 18.3 Å². The summed E-state index contributed by atoms with van der Waals surface area (Å²) >= 11 is 0. The van der Waals surface area contributed by atoms with E-state index in [9.17, 15) is 13.6 Å². The number of halogens is 2. The number of methoxy groups -OCH3 is 1. The standard InChI is InChI=1S/C16H20F2N4O2/c1-21(10-14-19-6-7-22(14)15(17)18)16(23)20-9-12-4-3-5-13(8-12)11-24-2/h3-8,15H,9-11H2,1-2H3,(H,20,23). The number of ether oxygens (including phenoxy) is 1. The molecule has 2 aromatic rings. The predicted octanol–water partition coefficient (Wildman–Crippen LogP) is 2.77. The summed E-state index contributed by atoms with van der Waals surface area (Å²) in [5.41, 5.74) is 1.94. The number of carbonyl (C=O) groups is 1. The molecule has 0 saturated heterocycles. The van der Waals surface area contributed by atoms with E-state index in [0.29, 0.717) is 13.2 Å². The van der Waals surface area contributed by atoms with Crippen molar-refractivity contribution in [3.63, 3.8) is 0 Å². The molecule has 0 fully saturated rings. The van der Waals surface area contributed by atoms with Crippen LogP contribution < -0.4 is 5.32 Å². The van der Waals surface area contributed by atoms with Crippen molar-refractivity contribution in [2.24, 2.45) is 0 Å². The number of rotatable bonds is 7. The zero-order valence-electron chi connectivity index (χ0n) is 13.6. The SMILES string of the molecule is COCc1cccc(CNC(=O)N(C)Cc2nccn2C(F)F)c1. The highest BCUT2D eigenvalue weighted by atomic mass is 19.3. The maximum atomic E-state index is 12.8. The van der Waals surface area contributed by atoms with Crippen molar-refractivity contribution in [3.8, 4) is 0 Å². The number of aromatic nitrogens is 2. The van der Waals surface area contributed by atoms with E-state index in [1.54, 1.807) is 7.11 Å². The molecule has 6 nitrogen and oxygen atoms in total. The highest BCUT2D eigenvalue weighted by Crippen LogP contribution is 2.13. The van der Waals surface area contributed by atoms with Gasteiger partial charge in [-0.3, -0.25) is 4.57 Å². The average Bonchev–Trinajstić information content (AvgIpc) is 3.01. The Morgan fingerprint density at radius 3 is 2.88 bits per heavy atom. The maximum Gasteiger partial charge on any atom is 0.319 e. The van der Waals surface area contributed by atoms with Crippen LogP contribution in [0.25, 0.3) is 0 Å². The number of carbonyl (C=O) groups excluding carboxylic acids is 1. The van der Waals surface area contributed by atoms with Crippen LogP contribution in [-0.4, -0.2) is 34.6 Å². The van der Waals surface area contributed by atoms with E-state index in [-0.39, 0.29) is 18.4 Å². The number of alkyl halides is 2. The summed E-state index contributed by atoms with van der Waals surface area (Å²) in [5.74, 6) is 0.129. The fourth-order valence-corrected chi connectivity index (χ4v) is 2.24. The van der Waals surface area contributed by atoms with Gasteiger partial charge in [0, 0.05) is 33.1 Å². The topological polar surface area (TPSA) is 59.4 Å². The van der Waals surface area contributed by atoms with Gasteiger partial charge in [0.25, 0.3) is 0 Å². The molecule has 24 heavy (non-hydrogen) atoms. The molecule has 0 spiro atoms. The van der Waals surface area contributed by atoms with E-state index in [2.05, 4.69) is 10.3 Å². The molecule has 8 heteroatoms. The zero-order valence-corrected chi connectivity index (χ0v) is 13.6. The Morgan fingerprint density at radius 2 is 2.17 bits per heavy atom. The summed E-state index contributed by atoms with van der Waals surface area (Å²) in [5, 5.41) is 2.75. The third-order valence-corrected chi connectivity index (χ3v) is 3.43. The van der Waals surface area contributed by atoms with Crippen molar-refractivity contribution in [3.05, 3.63) is 53.6 Å². The summed E-state index contributed by atoms with van der Waals surface area (Å²) in [6, 6.07) is 7.29. The Balaban J connectivity index is 1.90. The number of benzene rings is 1. The van der Waals surface area contributed by atoms with Gasteiger partial charge < -0.3 is 15.0 Å². The molecule has 0 radical (unpaired) electrons. The van der Waals surface area contributed by atoms with E-state index in [4.69, 9.17) is 4.74 Å². The summed E-state index contributed by atoms with van der Waals surface area (Å²) in [7, 11) is 3.15. The van der Waals surface area contributed by atoms with Gasteiger partial charge in [-0.25, -0.2) is 9.78 Å². The lowest BCUT2D eigenvalue weighted by Gasteiger charge is -2.18. The monoisotopic (exact) mass is 338 g/mol. The van der Waals surface area contributed by atoms with Crippen LogP contribution in [0.4, 0.5) is 13.6 Å². The molecule has 2 amide bonds. The number of amides is 2. The first-order valence-corrected chi connectivity index (χ1v) is 7.37. The van der Waals surface area contributed by atoms with Crippen LogP contribution in [0.1, 0.15) is 23.5 Å². The molecule has 0 aliphatic rings. The lowest BCUT2D eigenvalue weighted by atomic mass is 10.1. The highest BCUT2D eigenvalue weighted by molar-refractivity contribution is 5.73. The molecule has 0 bridgehead atoms. The molecule has 0 unspecified atom stereocenters. The Kier molecular flexibility index (Phi) is 6.25. The van der Waals surface area contributed by atoms with Crippen molar-refractivity contribution in [2.45, 2.75) is 26.2 Å². The van der Waals surface area contributed by atoms with Crippen LogP contribution in [0.5, 0.6) is 0 Å². The van der Waals surface area contributed by atoms with Gasteiger partial charge in [0.05, 0.1) is 13.2 Å². The van der Waals surface area contributed by atoms with Crippen LogP contribution in [0, 0.1) is 0 Å². The quantitative estimate of drug-likeness (QED) is 0.844. The van der Waals surface area contributed by atoms with Crippen molar-refractivity contribution >= 4 is 6.03 Å². The first-order valence-electron chi connectivity index (χ1n) is 7.37. The Bertz CT molecular complexity index is 676. The molecule has 2 rings (SSSR count). The van der Waals surface area contributed by atoms with Gasteiger partial charge in [0.15, 0.2) is 0 Å². The number of hydrogen-bond acceptors (Lipinski definition) is 3. The van der Waals surface area contributed by atoms with Gasteiger partial charge in [0.1, 0.15) is 5.82 Å². The van der Waals surface area contributed by atoms with E-state index in [1.807, 2.05) is 24.3 Å². The number of hydrogen-bond donors (Lipinski definition) is 1. The molecule has 1 aromatic carbocycles. The molecule has 0 aliphatic heterocycles. The molecule has 0 atom stereocenters. The lowest BCUT2D eigenvalue weighted by Crippen LogP contribution is -2.37. The predicted molar refractivity (Wildman–Crippen MR) is 84.3 cm³/mol. The zero-order chi connectivity index (χ0) is 17.5. The molecule has 0 saturated carbocycles. The molecule has 1 aromatic heterocycles. The number of nitrogens with one attached hydrogen (secondary N) is 1. The Labute approximate surface area is 139 Å². The second-order valence-corrected chi connectivity index (χ2v) is 5.30. The summed E-state index contributed by atoms with van der Waals surface area (Å²) in [6.07, 6.45) is 2.47. The third-order valence-electron chi connectivity index (χ3n) is 3.43. The first-order chi connectivity index (χ1) is 11.5. The van der Waals surface area contributed by atoms with Gasteiger partial charge in [-0.1, -0.05) is 24.3 Å². The Hall–Kier alpha value is -2.48. The molecule has 0 aliphatic carbocycles. The number of nitrogens with zero attached hydrogens (tertiary/aromatic N) is 3. The van der Waals surface area contributed by atoms with E-state index in [1.165, 1.54) is 24.3 Å². The number of imidazole rings is 1. The smallest absolute Gasteiger partial charge is 0.319 e. The van der Waals surface area contributed by atoms with E-state index in [0.717, 1.165) is 15.7 Å². The van der Waals surface area contributed by atoms with E-state index >= 15 is 0 Å². The molecule has 1 heterocycles. The average molecular weight is 338 g/mol. The molecular weight excluding hydrogens is 318 g/mol. The minimum atomic E-state index is -2.68. The lowest BCUT2D eigenvalue weighted by molar-refractivity contribution is 0.0651. The first kappa shape index (κ1) is 17.9. The highest BCUT2D eigenvalue weighted by Gasteiger charge is 2.15. The van der Waals surface area contributed by atoms with Crippen LogP contribution in [0.2, 0.25) is 0 Å². The van der Waals surface area contributed by atoms with Gasteiger partial charge in [-0.05, 0) is 11.1 Å². The van der Waals surface area contributed by atoms with Gasteiger partial charge >= 0.3 is 12.6 Å². The summed E-state index contributed by atoms with van der Waals surface area (Å²) in [4.78, 5) is 17.3. The second-order valence-electron chi connectivity index (χ2n) is 5.30. The van der Waals surface area contributed by atoms with Gasteiger partial charge in [-0.2, -0.15) is 8.78 Å². The molecule has 1 N–H and O–H groups in total. The second kappa shape index (κ2) is 8.39. The van der Waals surface area contributed by atoms with Crippen molar-refractivity contribution in [1.29, 1.82) is 0 Å². The fourth-order valence-electron chi connectivity index (χ4n) is 2.24. The van der Waals surface area contributed by atoms with Gasteiger partial charge in [0.2, 0.25) is 0 Å². The largest absolute Gasteiger partial charge is 0.380 e.